The van der Waals surface area contributed by atoms with Crippen molar-refractivity contribution in [3.05, 3.63) is 87.4 Å². The molecule has 192 valence electrons. The van der Waals surface area contributed by atoms with Crippen LogP contribution in [-0.2, 0) is 14.8 Å². The van der Waals surface area contributed by atoms with E-state index in [1.165, 1.54) is 0 Å². The summed E-state index contributed by atoms with van der Waals surface area (Å²) in [5.41, 5.74) is 4.36. The van der Waals surface area contributed by atoms with E-state index in [4.69, 9.17) is 4.74 Å². The lowest BCUT2D eigenvalue weighted by Gasteiger charge is -2.26. The minimum Gasteiger partial charge on any atom is -0.496 e. The van der Waals surface area contributed by atoms with Crippen LogP contribution < -0.4 is 14.4 Å². The molecule has 3 rings (SSSR count). The quantitative estimate of drug-likeness (QED) is 0.328. The van der Waals surface area contributed by atoms with Crippen LogP contribution in [0.25, 0.3) is 0 Å². The van der Waals surface area contributed by atoms with Crippen molar-refractivity contribution in [1.29, 1.82) is 0 Å². The lowest BCUT2D eigenvalue weighted by molar-refractivity contribution is -0.120. The molecule has 0 spiro atoms. The number of benzene rings is 3. The smallest absolute Gasteiger partial charge is 0.264 e. The molecule has 0 fully saturated rings. The molecule has 1 N–H and O–H groups in total. The number of hydrogen-bond acceptors (Lipinski definition) is 4. The minimum absolute atomic E-state index is 0.129. The molecule has 0 aliphatic rings. The van der Waals surface area contributed by atoms with Crippen LogP contribution in [0.3, 0.4) is 0 Å². The Hall–Kier alpha value is -2.84. The molecule has 0 heterocycles. The first-order valence-corrected chi connectivity index (χ1v) is 14.0. The number of sulfonamides is 1. The van der Waals surface area contributed by atoms with Crippen molar-refractivity contribution in [3.63, 3.8) is 0 Å². The third kappa shape index (κ3) is 6.28. The van der Waals surface area contributed by atoms with Gasteiger partial charge in [0.05, 0.1) is 23.7 Å². The predicted octanol–water partition coefficient (Wildman–Crippen LogP) is 6.27. The Bertz CT molecular complexity index is 1320. The van der Waals surface area contributed by atoms with E-state index in [0.717, 1.165) is 36.8 Å². The molecular weight excluding hydrogens is 540 g/mol. The van der Waals surface area contributed by atoms with E-state index in [-0.39, 0.29) is 23.4 Å². The molecule has 0 unspecified atom stereocenters. The SMILES string of the molecule is COc1cc(C)c([C@@H](C)NC(=O)CN(c2ccc(Br)cc2)S(=O)(=O)c2ccc(C)cc2)cc1C(C)C. The van der Waals surface area contributed by atoms with Gasteiger partial charge in [-0.3, -0.25) is 9.10 Å². The molecule has 0 aliphatic carbocycles. The second-order valence-corrected chi connectivity index (χ2v) is 12.0. The molecule has 6 nitrogen and oxygen atoms in total. The molecule has 3 aromatic carbocycles. The van der Waals surface area contributed by atoms with Gasteiger partial charge in [0.25, 0.3) is 10.0 Å². The van der Waals surface area contributed by atoms with Gasteiger partial charge in [0.15, 0.2) is 0 Å². The highest BCUT2D eigenvalue weighted by molar-refractivity contribution is 9.10. The number of amides is 1. The zero-order valence-corrected chi connectivity index (χ0v) is 23.9. The van der Waals surface area contributed by atoms with Gasteiger partial charge in [-0.25, -0.2) is 8.42 Å². The van der Waals surface area contributed by atoms with Crippen LogP contribution >= 0.6 is 15.9 Å². The largest absolute Gasteiger partial charge is 0.496 e. The average Bonchev–Trinajstić information content (AvgIpc) is 2.82. The number of nitrogens with one attached hydrogen (secondary N) is 1. The zero-order valence-electron chi connectivity index (χ0n) is 21.5. The number of ether oxygens (including phenoxy) is 1. The molecule has 0 radical (unpaired) electrons. The molecule has 3 aromatic rings. The van der Waals surface area contributed by atoms with E-state index in [2.05, 4.69) is 41.2 Å². The first-order chi connectivity index (χ1) is 16.9. The molecule has 0 saturated carbocycles. The molecule has 36 heavy (non-hydrogen) atoms. The van der Waals surface area contributed by atoms with Crippen LogP contribution in [0.15, 0.2) is 70.0 Å². The van der Waals surface area contributed by atoms with E-state index >= 15 is 0 Å². The molecule has 0 bridgehead atoms. The van der Waals surface area contributed by atoms with Gasteiger partial charge in [-0.1, -0.05) is 47.5 Å². The average molecular weight is 574 g/mol. The predicted molar refractivity (Wildman–Crippen MR) is 148 cm³/mol. The van der Waals surface area contributed by atoms with Gasteiger partial charge in [-0.05, 0) is 91.9 Å². The van der Waals surface area contributed by atoms with Gasteiger partial charge in [0, 0.05) is 4.47 Å². The van der Waals surface area contributed by atoms with Gasteiger partial charge in [-0.15, -0.1) is 0 Å². The minimum atomic E-state index is -3.97. The van der Waals surface area contributed by atoms with Crippen molar-refractivity contribution in [2.24, 2.45) is 0 Å². The summed E-state index contributed by atoms with van der Waals surface area (Å²) in [5, 5.41) is 2.99. The highest BCUT2D eigenvalue weighted by atomic mass is 79.9. The van der Waals surface area contributed by atoms with Crippen molar-refractivity contribution >= 4 is 37.5 Å². The highest BCUT2D eigenvalue weighted by Gasteiger charge is 2.28. The van der Waals surface area contributed by atoms with Crippen molar-refractivity contribution < 1.29 is 17.9 Å². The first-order valence-electron chi connectivity index (χ1n) is 11.8. The molecule has 0 aliphatic heterocycles. The number of aryl methyl sites for hydroxylation is 2. The van der Waals surface area contributed by atoms with E-state index in [0.29, 0.717) is 5.69 Å². The number of carbonyl (C=O) groups excluding carboxylic acids is 1. The lowest BCUT2D eigenvalue weighted by Crippen LogP contribution is -2.41. The zero-order chi connectivity index (χ0) is 26.6. The standard InChI is InChI=1S/C28H33BrN2O4S/c1-18(2)25-16-26(20(4)15-27(25)35-6)21(5)30-28(32)17-31(23-11-9-22(29)10-12-23)36(33,34)24-13-7-19(3)8-14-24/h7-16,18,21H,17H2,1-6H3,(H,30,32)/t21-/m1/s1. The van der Waals surface area contributed by atoms with Crippen molar-refractivity contribution in [2.75, 3.05) is 18.0 Å². The summed E-state index contributed by atoms with van der Waals surface area (Å²) in [6.45, 7) is 9.59. The van der Waals surface area contributed by atoms with Gasteiger partial charge < -0.3 is 10.1 Å². The van der Waals surface area contributed by atoms with Crippen LogP contribution in [0.5, 0.6) is 5.75 Å². The Morgan fingerprint density at radius 1 is 0.972 bits per heavy atom. The Morgan fingerprint density at radius 3 is 2.14 bits per heavy atom. The summed E-state index contributed by atoms with van der Waals surface area (Å²) in [6.07, 6.45) is 0. The molecule has 0 aromatic heterocycles. The number of hydrogen-bond donors (Lipinski definition) is 1. The maximum atomic E-state index is 13.6. The number of methoxy groups -OCH3 is 1. The summed E-state index contributed by atoms with van der Waals surface area (Å²) in [6, 6.07) is 17.2. The maximum absolute atomic E-state index is 13.6. The first kappa shape index (κ1) is 27.7. The lowest BCUT2D eigenvalue weighted by atomic mass is 9.93. The van der Waals surface area contributed by atoms with E-state index in [9.17, 15) is 13.2 Å². The normalized spacial score (nSPS) is 12.3. The number of nitrogens with zero attached hydrogens (tertiary/aromatic N) is 1. The van der Waals surface area contributed by atoms with Crippen LogP contribution in [0.2, 0.25) is 0 Å². The van der Waals surface area contributed by atoms with Gasteiger partial charge in [0.1, 0.15) is 12.3 Å². The van der Waals surface area contributed by atoms with Crippen LogP contribution in [-0.4, -0.2) is 28.0 Å². The van der Waals surface area contributed by atoms with E-state index in [1.54, 1.807) is 55.6 Å². The number of carbonyl (C=O) groups is 1. The summed E-state index contributed by atoms with van der Waals surface area (Å²) in [4.78, 5) is 13.3. The monoisotopic (exact) mass is 572 g/mol. The van der Waals surface area contributed by atoms with Crippen LogP contribution in [0.1, 0.15) is 55.0 Å². The van der Waals surface area contributed by atoms with Crippen LogP contribution in [0, 0.1) is 13.8 Å². The molecule has 1 amide bonds. The number of anilines is 1. The molecule has 1 atom stereocenters. The summed E-state index contributed by atoms with van der Waals surface area (Å²) >= 11 is 3.38. The molecule has 8 heteroatoms. The topological polar surface area (TPSA) is 75.7 Å². The molecular formula is C28H33BrN2O4S. The Labute approximate surface area is 222 Å². The number of halogens is 1. The van der Waals surface area contributed by atoms with Gasteiger partial charge in [-0.2, -0.15) is 0 Å². The van der Waals surface area contributed by atoms with E-state index in [1.807, 2.05) is 26.8 Å². The van der Waals surface area contributed by atoms with Crippen molar-refractivity contribution in [2.45, 2.75) is 51.5 Å². The second-order valence-electron chi connectivity index (χ2n) is 9.20. The fourth-order valence-corrected chi connectivity index (χ4v) is 5.75. The maximum Gasteiger partial charge on any atom is 0.264 e. The highest BCUT2D eigenvalue weighted by Crippen LogP contribution is 2.32. The number of rotatable bonds is 9. The summed E-state index contributed by atoms with van der Waals surface area (Å²) in [7, 11) is -2.32. The van der Waals surface area contributed by atoms with Crippen molar-refractivity contribution in [3.8, 4) is 5.75 Å². The van der Waals surface area contributed by atoms with Crippen LogP contribution in [0.4, 0.5) is 5.69 Å². The second kappa shape index (κ2) is 11.5. The summed E-state index contributed by atoms with van der Waals surface area (Å²) in [5.74, 6) is 0.660. The fraction of sp³-hybridized carbons (Fsp3) is 0.321. The van der Waals surface area contributed by atoms with E-state index < -0.39 is 15.9 Å². The molecule has 0 saturated heterocycles. The van der Waals surface area contributed by atoms with Crippen molar-refractivity contribution in [1.82, 2.24) is 5.32 Å². The Morgan fingerprint density at radius 2 is 1.58 bits per heavy atom. The third-order valence-corrected chi connectivity index (χ3v) is 8.41. The third-order valence-electron chi connectivity index (χ3n) is 6.10. The van der Waals surface area contributed by atoms with Gasteiger partial charge >= 0.3 is 0 Å². The summed E-state index contributed by atoms with van der Waals surface area (Å²) < 4.78 is 34.7. The fourth-order valence-electron chi connectivity index (χ4n) is 4.07. The Balaban J connectivity index is 1.91. The Kier molecular flexibility index (Phi) is 8.84. The van der Waals surface area contributed by atoms with Gasteiger partial charge in [0.2, 0.25) is 5.91 Å².